The smallest absolute Gasteiger partial charge is 0.348 e. The molecule has 34 heavy (non-hydrogen) atoms. The van der Waals surface area contributed by atoms with Crippen molar-refractivity contribution in [3.63, 3.8) is 0 Å². The Morgan fingerprint density at radius 1 is 1.03 bits per heavy atom. The Labute approximate surface area is 205 Å². The number of hydrogen-bond acceptors (Lipinski definition) is 5. The Kier molecular flexibility index (Phi) is 6.91. The molecule has 0 atom stereocenters. The number of amides is 1. The van der Waals surface area contributed by atoms with Crippen LogP contribution in [0.2, 0.25) is 0 Å². The first kappa shape index (κ1) is 23.3. The third-order valence-corrected chi connectivity index (χ3v) is 8.98. The molecule has 2 heterocycles. The second kappa shape index (κ2) is 10.1. The number of aromatic nitrogens is 1. The lowest BCUT2D eigenvalue weighted by molar-refractivity contribution is -0.124. The minimum absolute atomic E-state index is 0.00943. The van der Waals surface area contributed by atoms with Crippen molar-refractivity contribution in [2.45, 2.75) is 89.2 Å². The van der Waals surface area contributed by atoms with Crippen LogP contribution in [0.4, 0.5) is 5.69 Å². The number of ether oxygens (including phenoxy) is 1. The number of thiophene rings is 1. The molecule has 0 radical (unpaired) electrons. The molecule has 6 nitrogen and oxygen atoms in total. The topological polar surface area (TPSA) is 79.7 Å². The van der Waals surface area contributed by atoms with E-state index in [-0.39, 0.29) is 24.0 Å². The summed E-state index contributed by atoms with van der Waals surface area (Å²) in [5.74, 6) is 0.957. The Morgan fingerprint density at radius 2 is 1.76 bits per heavy atom. The molecule has 3 saturated carbocycles. The Morgan fingerprint density at radius 3 is 2.38 bits per heavy atom. The zero-order valence-electron chi connectivity index (χ0n) is 19.8. The normalized spacial score (nSPS) is 27.2. The number of anilines is 1. The van der Waals surface area contributed by atoms with Crippen molar-refractivity contribution >= 4 is 28.9 Å². The molecule has 2 aromatic heterocycles. The summed E-state index contributed by atoms with van der Waals surface area (Å²) in [5.41, 5.74) is 0.636. The highest BCUT2D eigenvalue weighted by atomic mass is 32.1. The molecule has 1 amide bonds. The fraction of sp³-hybridized carbons (Fsp3) is 0.593. The summed E-state index contributed by atoms with van der Waals surface area (Å²) in [6, 6.07) is 7.69. The maximum atomic E-state index is 13.9. The van der Waals surface area contributed by atoms with E-state index in [2.05, 4.69) is 11.9 Å². The highest BCUT2D eigenvalue weighted by Gasteiger charge is 2.39. The van der Waals surface area contributed by atoms with E-state index in [1.54, 1.807) is 6.20 Å². The highest BCUT2D eigenvalue weighted by molar-refractivity contribution is 7.14. The van der Waals surface area contributed by atoms with Crippen molar-refractivity contribution in [3.8, 4) is 5.88 Å². The summed E-state index contributed by atoms with van der Waals surface area (Å²) in [6.07, 6.45) is 11.2. The molecule has 0 aliphatic heterocycles. The molecule has 3 fully saturated rings. The Hall–Kier alpha value is -2.41. The molecule has 0 unspecified atom stereocenters. The van der Waals surface area contributed by atoms with Gasteiger partial charge in [0.05, 0.1) is 5.69 Å². The number of carbonyl (C=O) groups is 2. The van der Waals surface area contributed by atoms with E-state index in [0.29, 0.717) is 28.3 Å². The van der Waals surface area contributed by atoms with Gasteiger partial charge in [0, 0.05) is 29.1 Å². The Bertz CT molecular complexity index is 1000. The quantitative estimate of drug-likeness (QED) is 0.503. The predicted molar refractivity (Wildman–Crippen MR) is 133 cm³/mol. The average Bonchev–Trinajstić information content (AvgIpc) is 3.60. The van der Waals surface area contributed by atoms with Gasteiger partial charge in [-0.3, -0.25) is 4.79 Å². The highest BCUT2D eigenvalue weighted by Crippen LogP contribution is 2.47. The van der Waals surface area contributed by atoms with Gasteiger partial charge in [0.25, 0.3) is 0 Å². The summed E-state index contributed by atoms with van der Waals surface area (Å²) in [6.45, 7) is 2.25. The molecular formula is C27H34N2O4S. The maximum Gasteiger partial charge on any atom is 0.348 e. The Balaban J connectivity index is 1.38. The predicted octanol–water partition coefficient (Wildman–Crippen LogP) is 6.27. The lowest BCUT2D eigenvalue weighted by Gasteiger charge is -2.39. The van der Waals surface area contributed by atoms with Crippen molar-refractivity contribution in [3.05, 3.63) is 40.2 Å². The monoisotopic (exact) mass is 482 g/mol. The number of carbonyl (C=O) groups excluding carboxylic acids is 1. The summed E-state index contributed by atoms with van der Waals surface area (Å²) < 4.78 is 6.08. The van der Waals surface area contributed by atoms with Crippen LogP contribution in [0.5, 0.6) is 5.88 Å². The third-order valence-electron chi connectivity index (χ3n) is 7.70. The SMILES string of the molecule is CC1CCC(C(=O)N(c2cc(C3CC3)sc2C(=O)O)C2CCC(Oc3ccccn3)CC2)CC1. The van der Waals surface area contributed by atoms with Gasteiger partial charge in [0.2, 0.25) is 11.8 Å². The number of nitrogens with zero attached hydrogens (tertiary/aromatic N) is 2. The van der Waals surface area contributed by atoms with Crippen molar-refractivity contribution in [1.29, 1.82) is 0 Å². The molecule has 0 bridgehead atoms. The van der Waals surface area contributed by atoms with Crippen molar-refractivity contribution in [2.75, 3.05) is 4.90 Å². The standard InChI is InChI=1S/C27H34N2O4S/c1-17-5-7-19(8-6-17)26(30)29(22-16-23(18-9-10-18)34-25(22)27(31)32)20-11-13-21(14-12-20)33-24-4-2-3-15-28-24/h2-4,15-21H,5-14H2,1H3,(H,31,32). The molecule has 7 heteroatoms. The zero-order chi connectivity index (χ0) is 23.7. The lowest BCUT2D eigenvalue weighted by atomic mass is 9.81. The van der Waals surface area contributed by atoms with Crippen LogP contribution in [-0.4, -0.2) is 34.1 Å². The second-order valence-electron chi connectivity index (χ2n) is 10.3. The van der Waals surface area contributed by atoms with Gasteiger partial charge in [-0.05, 0) is 88.2 Å². The average molecular weight is 483 g/mol. The number of hydrogen-bond donors (Lipinski definition) is 1. The first-order valence-electron chi connectivity index (χ1n) is 12.8. The number of rotatable bonds is 7. The van der Waals surface area contributed by atoms with Crippen LogP contribution in [0, 0.1) is 11.8 Å². The lowest BCUT2D eigenvalue weighted by Crippen LogP contribution is -2.47. The molecule has 182 valence electrons. The van der Waals surface area contributed by atoms with Crippen LogP contribution in [0.3, 0.4) is 0 Å². The first-order chi connectivity index (χ1) is 16.5. The summed E-state index contributed by atoms with van der Waals surface area (Å²) in [4.78, 5) is 33.8. The van der Waals surface area contributed by atoms with E-state index in [0.717, 1.165) is 69.1 Å². The summed E-state index contributed by atoms with van der Waals surface area (Å²) >= 11 is 1.37. The van der Waals surface area contributed by atoms with E-state index in [9.17, 15) is 14.7 Å². The second-order valence-corrected chi connectivity index (χ2v) is 11.4. The van der Waals surface area contributed by atoms with Crippen molar-refractivity contribution in [1.82, 2.24) is 4.98 Å². The van der Waals surface area contributed by atoms with Crippen molar-refractivity contribution in [2.24, 2.45) is 11.8 Å². The van der Waals surface area contributed by atoms with Crippen LogP contribution in [0.1, 0.15) is 91.6 Å². The number of carboxylic acid groups (broad SMARTS) is 1. The van der Waals surface area contributed by atoms with Crippen LogP contribution < -0.4 is 9.64 Å². The molecule has 0 saturated heterocycles. The largest absolute Gasteiger partial charge is 0.477 e. The summed E-state index contributed by atoms with van der Waals surface area (Å²) in [7, 11) is 0. The third kappa shape index (κ3) is 5.14. The van der Waals surface area contributed by atoms with Crippen LogP contribution in [0.15, 0.2) is 30.5 Å². The molecule has 2 aromatic rings. The number of carboxylic acids is 1. The van der Waals surface area contributed by atoms with Gasteiger partial charge < -0.3 is 14.7 Å². The zero-order valence-corrected chi connectivity index (χ0v) is 20.6. The van der Waals surface area contributed by atoms with Gasteiger partial charge >= 0.3 is 5.97 Å². The van der Waals surface area contributed by atoms with Crippen LogP contribution >= 0.6 is 11.3 Å². The van der Waals surface area contributed by atoms with Gasteiger partial charge in [-0.25, -0.2) is 9.78 Å². The minimum Gasteiger partial charge on any atom is -0.477 e. The van der Waals surface area contributed by atoms with E-state index in [1.807, 2.05) is 29.2 Å². The van der Waals surface area contributed by atoms with E-state index in [4.69, 9.17) is 4.74 Å². The molecule has 3 aliphatic rings. The van der Waals surface area contributed by atoms with Crippen LogP contribution in [-0.2, 0) is 4.79 Å². The molecule has 5 rings (SSSR count). The maximum absolute atomic E-state index is 13.9. The molecule has 0 aromatic carbocycles. The molecule has 0 spiro atoms. The van der Waals surface area contributed by atoms with E-state index in [1.165, 1.54) is 11.3 Å². The molecule has 3 aliphatic carbocycles. The summed E-state index contributed by atoms with van der Waals surface area (Å²) in [5, 5.41) is 10.0. The van der Waals surface area contributed by atoms with Gasteiger partial charge in [0.15, 0.2) is 0 Å². The van der Waals surface area contributed by atoms with Crippen LogP contribution in [0.25, 0.3) is 0 Å². The van der Waals surface area contributed by atoms with Gasteiger partial charge in [-0.1, -0.05) is 13.0 Å². The van der Waals surface area contributed by atoms with Gasteiger partial charge in [0.1, 0.15) is 11.0 Å². The molecule has 1 N–H and O–H groups in total. The fourth-order valence-electron chi connectivity index (χ4n) is 5.51. The van der Waals surface area contributed by atoms with E-state index < -0.39 is 5.97 Å². The fourth-order valence-corrected chi connectivity index (χ4v) is 6.67. The number of aromatic carboxylic acids is 1. The van der Waals surface area contributed by atoms with Gasteiger partial charge in [-0.15, -0.1) is 11.3 Å². The van der Waals surface area contributed by atoms with E-state index >= 15 is 0 Å². The van der Waals surface area contributed by atoms with Gasteiger partial charge in [-0.2, -0.15) is 0 Å². The number of pyridine rings is 1. The van der Waals surface area contributed by atoms with Crippen molar-refractivity contribution < 1.29 is 19.4 Å². The minimum atomic E-state index is -0.922. The first-order valence-corrected chi connectivity index (χ1v) is 13.6. The molecular weight excluding hydrogens is 448 g/mol.